The van der Waals surface area contributed by atoms with E-state index in [1.165, 1.54) is 19.3 Å². The van der Waals surface area contributed by atoms with Gasteiger partial charge in [-0.3, -0.25) is 4.79 Å². The molecule has 1 amide bonds. The Labute approximate surface area is 142 Å². The molecule has 4 nitrogen and oxygen atoms in total. The molecule has 0 spiro atoms. The third-order valence-corrected chi connectivity index (χ3v) is 6.76. The summed E-state index contributed by atoms with van der Waals surface area (Å²) >= 11 is 0. The van der Waals surface area contributed by atoms with Crippen LogP contribution in [0.15, 0.2) is 18.2 Å². The zero-order chi connectivity index (χ0) is 16.3. The van der Waals surface area contributed by atoms with E-state index in [0.29, 0.717) is 0 Å². The molecule has 128 valence electrons. The Morgan fingerprint density at radius 3 is 2.38 bits per heavy atom. The van der Waals surface area contributed by atoms with Gasteiger partial charge < -0.3 is 14.8 Å². The van der Waals surface area contributed by atoms with E-state index in [2.05, 4.69) is 12.2 Å². The highest BCUT2D eigenvalue weighted by molar-refractivity contribution is 5.83. The van der Waals surface area contributed by atoms with Gasteiger partial charge in [0.05, 0.1) is 6.04 Å². The molecule has 1 atom stereocenters. The van der Waals surface area contributed by atoms with Crippen molar-refractivity contribution in [1.29, 1.82) is 0 Å². The van der Waals surface area contributed by atoms with Crippen LogP contribution >= 0.6 is 0 Å². The first-order valence-corrected chi connectivity index (χ1v) is 9.32. The lowest BCUT2D eigenvalue weighted by Crippen LogP contribution is -2.53. The molecular weight excluding hydrogens is 302 g/mol. The molecule has 1 aliphatic heterocycles. The van der Waals surface area contributed by atoms with E-state index < -0.39 is 0 Å². The second kappa shape index (κ2) is 5.14. The molecular formula is C20H25NO3. The van der Waals surface area contributed by atoms with E-state index in [9.17, 15) is 4.79 Å². The number of nitrogens with one attached hydrogen (secondary N) is 1. The molecule has 1 unspecified atom stereocenters. The van der Waals surface area contributed by atoms with Crippen molar-refractivity contribution < 1.29 is 14.3 Å². The van der Waals surface area contributed by atoms with E-state index in [1.807, 2.05) is 18.2 Å². The minimum absolute atomic E-state index is 0.00000425. The number of carbonyl (C=O) groups excluding carboxylic acids is 1. The number of benzene rings is 1. The Morgan fingerprint density at radius 2 is 1.71 bits per heavy atom. The van der Waals surface area contributed by atoms with Crippen molar-refractivity contribution in [3.05, 3.63) is 23.8 Å². The van der Waals surface area contributed by atoms with Gasteiger partial charge in [-0.1, -0.05) is 6.07 Å². The van der Waals surface area contributed by atoms with Gasteiger partial charge in [0.15, 0.2) is 11.5 Å². The number of fused-ring (bicyclic) bond motifs is 1. The Kier molecular flexibility index (Phi) is 3.13. The summed E-state index contributed by atoms with van der Waals surface area (Å²) in [6.07, 6.45) is 7.43. The SMILES string of the molecule is CC(NC(=O)C12CC3CC(CC(C3)C1)C2)c1ccc2c(c1)OCO2. The average molecular weight is 327 g/mol. The molecule has 4 saturated carbocycles. The highest BCUT2D eigenvalue weighted by atomic mass is 16.7. The van der Waals surface area contributed by atoms with Crippen molar-refractivity contribution in [3.63, 3.8) is 0 Å². The molecule has 4 fully saturated rings. The fourth-order valence-electron chi connectivity index (χ4n) is 6.00. The summed E-state index contributed by atoms with van der Waals surface area (Å²) in [5.41, 5.74) is 0.997. The van der Waals surface area contributed by atoms with Crippen LogP contribution in [0.1, 0.15) is 57.1 Å². The molecule has 0 radical (unpaired) electrons. The summed E-state index contributed by atoms with van der Waals surface area (Å²) in [5, 5.41) is 3.31. The van der Waals surface area contributed by atoms with Crippen molar-refractivity contribution in [2.24, 2.45) is 23.2 Å². The zero-order valence-electron chi connectivity index (χ0n) is 14.2. The molecule has 1 aromatic carbocycles. The minimum atomic E-state index is -0.0840. The lowest BCUT2D eigenvalue weighted by atomic mass is 9.49. The van der Waals surface area contributed by atoms with Crippen molar-refractivity contribution in [2.75, 3.05) is 6.79 Å². The predicted octanol–water partition coefficient (Wildman–Crippen LogP) is 3.81. The summed E-state index contributed by atoms with van der Waals surface area (Å²) in [7, 11) is 0. The number of carbonyl (C=O) groups is 1. The van der Waals surface area contributed by atoms with E-state index in [0.717, 1.165) is 54.1 Å². The lowest BCUT2D eigenvalue weighted by Gasteiger charge is -2.55. The second-order valence-corrected chi connectivity index (χ2v) is 8.51. The summed E-state index contributed by atoms with van der Waals surface area (Å²) in [5.74, 6) is 4.24. The molecule has 24 heavy (non-hydrogen) atoms. The Hall–Kier alpha value is -1.71. The molecule has 4 bridgehead atoms. The fraction of sp³-hybridized carbons (Fsp3) is 0.650. The highest BCUT2D eigenvalue weighted by Crippen LogP contribution is 2.60. The van der Waals surface area contributed by atoms with Gasteiger partial charge in [-0.25, -0.2) is 0 Å². The molecule has 1 aromatic rings. The van der Waals surface area contributed by atoms with Crippen LogP contribution < -0.4 is 14.8 Å². The first-order chi connectivity index (χ1) is 11.6. The van der Waals surface area contributed by atoms with Crippen LogP contribution in [0.2, 0.25) is 0 Å². The quantitative estimate of drug-likeness (QED) is 0.918. The lowest BCUT2D eigenvalue weighted by molar-refractivity contribution is -0.147. The van der Waals surface area contributed by atoms with Gasteiger partial charge in [-0.15, -0.1) is 0 Å². The van der Waals surface area contributed by atoms with Gasteiger partial charge >= 0.3 is 0 Å². The summed E-state index contributed by atoms with van der Waals surface area (Å²) in [6, 6.07) is 5.95. The van der Waals surface area contributed by atoms with E-state index in [4.69, 9.17) is 9.47 Å². The Bertz CT molecular complexity index is 648. The van der Waals surface area contributed by atoms with Crippen LogP contribution in [0, 0.1) is 23.2 Å². The van der Waals surface area contributed by atoms with Crippen LogP contribution in [0.3, 0.4) is 0 Å². The standard InChI is InChI=1S/C20H25NO3/c1-12(16-2-3-17-18(7-16)24-11-23-17)21-19(22)20-8-13-4-14(9-20)6-15(5-13)10-20/h2-3,7,12-15H,4-6,8-11H2,1H3,(H,21,22). The van der Waals surface area contributed by atoms with Gasteiger partial charge in [-0.2, -0.15) is 0 Å². The number of amides is 1. The highest BCUT2D eigenvalue weighted by Gasteiger charge is 2.54. The topological polar surface area (TPSA) is 47.6 Å². The van der Waals surface area contributed by atoms with E-state index >= 15 is 0 Å². The number of rotatable bonds is 3. The predicted molar refractivity (Wildman–Crippen MR) is 89.7 cm³/mol. The molecule has 6 rings (SSSR count). The van der Waals surface area contributed by atoms with Gasteiger partial charge in [0.1, 0.15) is 0 Å². The van der Waals surface area contributed by atoms with Crippen molar-refractivity contribution >= 4 is 5.91 Å². The molecule has 4 aliphatic carbocycles. The normalized spacial score (nSPS) is 36.6. The first-order valence-electron chi connectivity index (χ1n) is 9.32. The Morgan fingerprint density at radius 1 is 1.08 bits per heavy atom. The zero-order valence-corrected chi connectivity index (χ0v) is 14.2. The van der Waals surface area contributed by atoms with E-state index in [1.54, 1.807) is 0 Å². The maximum atomic E-state index is 13.1. The molecule has 4 heteroatoms. The number of hydrogen-bond donors (Lipinski definition) is 1. The van der Waals surface area contributed by atoms with Gasteiger partial charge in [0.2, 0.25) is 12.7 Å². The molecule has 5 aliphatic rings. The number of hydrogen-bond acceptors (Lipinski definition) is 3. The maximum absolute atomic E-state index is 13.1. The van der Waals surface area contributed by atoms with Crippen molar-refractivity contribution in [3.8, 4) is 11.5 Å². The van der Waals surface area contributed by atoms with E-state index in [-0.39, 0.29) is 24.2 Å². The number of ether oxygens (including phenoxy) is 2. The van der Waals surface area contributed by atoms with Crippen LogP contribution in [0.5, 0.6) is 11.5 Å². The fourth-order valence-corrected chi connectivity index (χ4v) is 6.00. The van der Waals surface area contributed by atoms with Crippen molar-refractivity contribution in [2.45, 2.75) is 51.5 Å². The van der Waals surface area contributed by atoms with Crippen LogP contribution in [0.4, 0.5) is 0 Å². The van der Waals surface area contributed by atoms with Crippen LogP contribution in [0.25, 0.3) is 0 Å². The summed E-state index contributed by atoms with van der Waals surface area (Å²) in [4.78, 5) is 13.1. The third kappa shape index (κ3) is 2.22. The van der Waals surface area contributed by atoms with Gasteiger partial charge in [0, 0.05) is 5.41 Å². The smallest absolute Gasteiger partial charge is 0.231 e. The minimum Gasteiger partial charge on any atom is -0.454 e. The van der Waals surface area contributed by atoms with Gasteiger partial charge in [-0.05, 0) is 80.9 Å². The third-order valence-electron chi connectivity index (χ3n) is 6.76. The average Bonchev–Trinajstić information content (AvgIpc) is 3.01. The van der Waals surface area contributed by atoms with Crippen molar-refractivity contribution in [1.82, 2.24) is 5.32 Å². The van der Waals surface area contributed by atoms with Crippen LogP contribution in [-0.2, 0) is 4.79 Å². The maximum Gasteiger partial charge on any atom is 0.231 e. The van der Waals surface area contributed by atoms with Gasteiger partial charge in [0.25, 0.3) is 0 Å². The summed E-state index contributed by atoms with van der Waals surface area (Å²) in [6.45, 7) is 2.35. The Balaban J connectivity index is 1.33. The molecule has 0 saturated heterocycles. The molecule has 1 heterocycles. The first kappa shape index (κ1) is 14.6. The largest absolute Gasteiger partial charge is 0.454 e. The molecule has 1 N–H and O–H groups in total. The monoisotopic (exact) mass is 327 g/mol. The summed E-state index contributed by atoms with van der Waals surface area (Å²) < 4.78 is 10.8. The molecule has 0 aromatic heterocycles. The van der Waals surface area contributed by atoms with Crippen LogP contribution in [-0.4, -0.2) is 12.7 Å². The second-order valence-electron chi connectivity index (χ2n) is 8.51.